The van der Waals surface area contributed by atoms with E-state index in [1.165, 1.54) is 26.3 Å². The van der Waals surface area contributed by atoms with Gasteiger partial charge in [-0.3, -0.25) is 4.79 Å². The molecule has 0 aromatic heterocycles. The SMILES string of the molecule is CNS(=O)(=O)c1cc(/C=C/C(=O)NCc2ccccc2C)ccc1OC. The molecule has 0 fully saturated rings. The number of carbonyl (C=O) groups is 1. The lowest BCUT2D eigenvalue weighted by atomic mass is 10.1. The van der Waals surface area contributed by atoms with Crippen LogP contribution >= 0.6 is 0 Å². The van der Waals surface area contributed by atoms with Crippen molar-refractivity contribution in [2.24, 2.45) is 0 Å². The molecule has 6 nitrogen and oxygen atoms in total. The molecular formula is C19H22N2O4S. The van der Waals surface area contributed by atoms with Crippen LogP contribution in [0.15, 0.2) is 53.4 Å². The number of hydrogen-bond acceptors (Lipinski definition) is 4. The van der Waals surface area contributed by atoms with Gasteiger partial charge in [-0.15, -0.1) is 0 Å². The summed E-state index contributed by atoms with van der Waals surface area (Å²) in [5.74, 6) is -0.0254. The molecule has 1 amide bonds. The predicted molar refractivity (Wildman–Crippen MR) is 101 cm³/mol. The van der Waals surface area contributed by atoms with Crippen molar-refractivity contribution in [2.75, 3.05) is 14.2 Å². The van der Waals surface area contributed by atoms with Gasteiger partial charge in [0.15, 0.2) is 0 Å². The highest BCUT2D eigenvalue weighted by Crippen LogP contribution is 2.25. The summed E-state index contributed by atoms with van der Waals surface area (Å²) in [6, 6.07) is 12.5. The van der Waals surface area contributed by atoms with E-state index >= 15 is 0 Å². The van der Waals surface area contributed by atoms with Crippen molar-refractivity contribution in [1.82, 2.24) is 10.0 Å². The van der Waals surface area contributed by atoms with Gasteiger partial charge in [-0.05, 0) is 48.9 Å². The highest BCUT2D eigenvalue weighted by molar-refractivity contribution is 7.89. The van der Waals surface area contributed by atoms with E-state index < -0.39 is 10.0 Å². The van der Waals surface area contributed by atoms with Crippen LogP contribution in [0.25, 0.3) is 6.08 Å². The van der Waals surface area contributed by atoms with Gasteiger partial charge in [0, 0.05) is 12.6 Å². The molecule has 0 radical (unpaired) electrons. The van der Waals surface area contributed by atoms with Gasteiger partial charge in [-0.1, -0.05) is 30.3 Å². The van der Waals surface area contributed by atoms with Crippen LogP contribution in [0.1, 0.15) is 16.7 Å². The molecule has 0 aliphatic rings. The molecular weight excluding hydrogens is 352 g/mol. The van der Waals surface area contributed by atoms with Gasteiger partial charge in [0.1, 0.15) is 10.6 Å². The Morgan fingerprint density at radius 3 is 2.58 bits per heavy atom. The molecule has 0 bridgehead atoms. The summed E-state index contributed by atoms with van der Waals surface area (Å²) in [6.45, 7) is 2.41. The maximum absolute atomic E-state index is 12.1. The zero-order valence-electron chi connectivity index (χ0n) is 14.9. The van der Waals surface area contributed by atoms with Crippen molar-refractivity contribution in [3.05, 3.63) is 65.2 Å². The summed E-state index contributed by atoms with van der Waals surface area (Å²) >= 11 is 0. The summed E-state index contributed by atoms with van der Waals surface area (Å²) in [5, 5.41) is 2.81. The smallest absolute Gasteiger partial charge is 0.244 e. The average molecular weight is 374 g/mol. The highest BCUT2D eigenvalue weighted by Gasteiger charge is 2.17. The molecule has 0 unspecified atom stereocenters. The Morgan fingerprint density at radius 1 is 1.19 bits per heavy atom. The first-order chi connectivity index (χ1) is 12.4. The number of rotatable bonds is 7. The maximum atomic E-state index is 12.1. The molecule has 0 saturated heterocycles. The molecule has 2 aromatic rings. The minimum absolute atomic E-state index is 0.0185. The summed E-state index contributed by atoms with van der Waals surface area (Å²) in [4.78, 5) is 12.0. The van der Waals surface area contributed by atoms with Gasteiger partial charge in [0.05, 0.1) is 7.11 Å². The van der Waals surface area contributed by atoms with Crippen LogP contribution in [0.5, 0.6) is 5.75 Å². The van der Waals surface area contributed by atoms with E-state index in [-0.39, 0.29) is 16.6 Å². The fraction of sp³-hybridized carbons (Fsp3) is 0.211. The van der Waals surface area contributed by atoms with Crippen molar-refractivity contribution in [3.63, 3.8) is 0 Å². The average Bonchev–Trinajstić information content (AvgIpc) is 2.65. The van der Waals surface area contributed by atoms with Gasteiger partial charge >= 0.3 is 0 Å². The lowest BCUT2D eigenvalue weighted by molar-refractivity contribution is -0.116. The highest BCUT2D eigenvalue weighted by atomic mass is 32.2. The molecule has 0 aliphatic heterocycles. The first kappa shape index (κ1) is 19.7. The predicted octanol–water partition coefficient (Wildman–Crippen LogP) is 2.24. The summed E-state index contributed by atoms with van der Waals surface area (Å²) in [6.07, 6.45) is 2.93. The zero-order valence-corrected chi connectivity index (χ0v) is 15.8. The summed E-state index contributed by atoms with van der Waals surface area (Å²) < 4.78 is 31.5. The second-order valence-corrected chi connectivity index (χ2v) is 7.45. The number of ether oxygens (including phenoxy) is 1. The minimum Gasteiger partial charge on any atom is -0.495 e. The third-order valence-electron chi connectivity index (χ3n) is 3.89. The Balaban J connectivity index is 2.11. The normalized spacial score (nSPS) is 11.5. The Bertz CT molecular complexity index is 921. The molecule has 138 valence electrons. The van der Waals surface area contributed by atoms with Crippen molar-refractivity contribution in [1.29, 1.82) is 0 Å². The summed E-state index contributed by atoms with van der Waals surface area (Å²) in [5.41, 5.74) is 2.72. The number of methoxy groups -OCH3 is 1. The van der Waals surface area contributed by atoms with Crippen molar-refractivity contribution in [2.45, 2.75) is 18.4 Å². The largest absolute Gasteiger partial charge is 0.495 e. The van der Waals surface area contributed by atoms with E-state index in [1.54, 1.807) is 18.2 Å². The molecule has 2 N–H and O–H groups in total. The van der Waals surface area contributed by atoms with Crippen LogP contribution < -0.4 is 14.8 Å². The number of sulfonamides is 1. The van der Waals surface area contributed by atoms with E-state index in [1.807, 2.05) is 31.2 Å². The second kappa shape index (κ2) is 8.64. The second-order valence-electron chi connectivity index (χ2n) is 5.60. The lowest BCUT2D eigenvalue weighted by Crippen LogP contribution is -2.20. The van der Waals surface area contributed by atoms with E-state index in [0.29, 0.717) is 12.1 Å². The van der Waals surface area contributed by atoms with E-state index in [0.717, 1.165) is 11.1 Å². The fourth-order valence-electron chi connectivity index (χ4n) is 2.34. The standard InChI is InChI=1S/C19H22N2O4S/c1-14-6-4-5-7-16(14)13-21-19(22)11-9-15-8-10-17(25-3)18(12-15)26(23,24)20-2/h4-12,20H,13H2,1-3H3,(H,21,22)/b11-9+. The van der Waals surface area contributed by atoms with Gasteiger partial charge in [0.25, 0.3) is 0 Å². The number of aryl methyl sites for hydroxylation is 1. The number of nitrogens with one attached hydrogen (secondary N) is 2. The van der Waals surface area contributed by atoms with Crippen molar-refractivity contribution < 1.29 is 17.9 Å². The first-order valence-electron chi connectivity index (χ1n) is 7.99. The molecule has 0 atom stereocenters. The van der Waals surface area contributed by atoms with Crippen LogP contribution in [0.4, 0.5) is 0 Å². The Kier molecular flexibility index (Phi) is 6.54. The molecule has 2 rings (SSSR count). The Hall–Kier alpha value is -2.64. The maximum Gasteiger partial charge on any atom is 0.244 e. The van der Waals surface area contributed by atoms with E-state index in [4.69, 9.17) is 4.74 Å². The zero-order chi connectivity index (χ0) is 19.2. The topological polar surface area (TPSA) is 84.5 Å². The first-order valence-corrected chi connectivity index (χ1v) is 9.47. The van der Waals surface area contributed by atoms with Gasteiger partial charge in [-0.25, -0.2) is 13.1 Å². The molecule has 7 heteroatoms. The Labute approximate surface area is 153 Å². The monoisotopic (exact) mass is 374 g/mol. The minimum atomic E-state index is -3.66. The lowest BCUT2D eigenvalue weighted by Gasteiger charge is -2.09. The number of benzene rings is 2. The van der Waals surface area contributed by atoms with Crippen molar-refractivity contribution >= 4 is 22.0 Å². The van der Waals surface area contributed by atoms with Gasteiger partial charge in [0.2, 0.25) is 15.9 Å². The molecule has 0 saturated carbocycles. The molecule has 26 heavy (non-hydrogen) atoms. The van der Waals surface area contributed by atoms with Gasteiger partial charge < -0.3 is 10.1 Å². The van der Waals surface area contributed by atoms with Crippen LogP contribution in [-0.4, -0.2) is 28.5 Å². The quantitative estimate of drug-likeness (QED) is 0.728. The number of amides is 1. The van der Waals surface area contributed by atoms with Crippen LogP contribution in [0, 0.1) is 6.92 Å². The Morgan fingerprint density at radius 2 is 1.92 bits per heavy atom. The van der Waals surface area contributed by atoms with Crippen molar-refractivity contribution in [3.8, 4) is 5.75 Å². The van der Waals surface area contributed by atoms with Crippen LogP contribution in [0.2, 0.25) is 0 Å². The van der Waals surface area contributed by atoms with Crippen LogP contribution in [-0.2, 0) is 21.4 Å². The molecule has 0 spiro atoms. The van der Waals surface area contributed by atoms with E-state index in [9.17, 15) is 13.2 Å². The molecule has 2 aromatic carbocycles. The van der Waals surface area contributed by atoms with Crippen LogP contribution in [0.3, 0.4) is 0 Å². The molecule has 0 heterocycles. The third kappa shape index (κ3) is 4.93. The van der Waals surface area contributed by atoms with E-state index in [2.05, 4.69) is 10.0 Å². The fourth-order valence-corrected chi connectivity index (χ4v) is 3.27. The summed E-state index contributed by atoms with van der Waals surface area (Å²) in [7, 11) is -0.931. The number of hydrogen-bond donors (Lipinski definition) is 2. The third-order valence-corrected chi connectivity index (χ3v) is 5.32. The number of carbonyl (C=O) groups excluding carboxylic acids is 1. The molecule has 0 aliphatic carbocycles. The van der Waals surface area contributed by atoms with Gasteiger partial charge in [-0.2, -0.15) is 0 Å².